The molecule has 0 radical (unpaired) electrons. The molecule has 3 rings (SSSR count). The predicted molar refractivity (Wildman–Crippen MR) is 91.9 cm³/mol. The molecule has 0 aliphatic heterocycles. The zero-order chi connectivity index (χ0) is 16.1. The Bertz CT molecular complexity index is 649. The molecule has 2 aromatic carbocycles. The minimum Gasteiger partial charge on any atom is -0.393 e. The zero-order valence-corrected chi connectivity index (χ0v) is 13.0. The summed E-state index contributed by atoms with van der Waals surface area (Å²) < 4.78 is 0. The third kappa shape index (κ3) is 4.11. The van der Waals surface area contributed by atoms with Crippen LogP contribution < -0.4 is 10.6 Å². The molecule has 0 saturated heterocycles. The first-order chi connectivity index (χ1) is 11.2. The smallest absolute Gasteiger partial charge is 0.253 e. The maximum Gasteiger partial charge on any atom is 0.253 e. The SMILES string of the molecule is O=C(NC1CCC(O)CC1)c1ccccc1Nc1ccccc1. The Balaban J connectivity index is 1.70. The van der Waals surface area contributed by atoms with E-state index in [1.807, 2.05) is 54.6 Å². The van der Waals surface area contributed by atoms with Crippen molar-refractivity contribution in [3.8, 4) is 0 Å². The molecule has 4 nitrogen and oxygen atoms in total. The van der Waals surface area contributed by atoms with E-state index in [0.717, 1.165) is 37.1 Å². The van der Waals surface area contributed by atoms with E-state index in [4.69, 9.17) is 0 Å². The summed E-state index contributed by atoms with van der Waals surface area (Å²) in [5.74, 6) is -0.0644. The number of nitrogens with one attached hydrogen (secondary N) is 2. The fraction of sp³-hybridized carbons (Fsp3) is 0.316. The lowest BCUT2D eigenvalue weighted by Crippen LogP contribution is -2.38. The minimum atomic E-state index is -0.213. The van der Waals surface area contributed by atoms with Gasteiger partial charge in [0.1, 0.15) is 0 Å². The van der Waals surface area contributed by atoms with Crippen LogP contribution in [-0.2, 0) is 0 Å². The topological polar surface area (TPSA) is 61.4 Å². The number of carbonyl (C=O) groups excluding carboxylic acids is 1. The summed E-state index contributed by atoms with van der Waals surface area (Å²) in [5, 5.41) is 16.0. The van der Waals surface area contributed by atoms with Gasteiger partial charge in [0, 0.05) is 11.7 Å². The van der Waals surface area contributed by atoms with Gasteiger partial charge >= 0.3 is 0 Å². The van der Waals surface area contributed by atoms with Crippen LogP contribution in [0.5, 0.6) is 0 Å². The first kappa shape index (κ1) is 15.6. The maximum atomic E-state index is 12.6. The molecule has 0 bridgehead atoms. The highest BCUT2D eigenvalue weighted by molar-refractivity contribution is 6.00. The van der Waals surface area contributed by atoms with E-state index in [9.17, 15) is 9.90 Å². The number of anilines is 2. The van der Waals surface area contributed by atoms with Gasteiger partial charge in [-0.25, -0.2) is 0 Å². The van der Waals surface area contributed by atoms with Crippen LogP contribution in [0.2, 0.25) is 0 Å². The van der Waals surface area contributed by atoms with Gasteiger partial charge in [-0.2, -0.15) is 0 Å². The van der Waals surface area contributed by atoms with Gasteiger partial charge in [-0.1, -0.05) is 30.3 Å². The van der Waals surface area contributed by atoms with Gasteiger partial charge in [-0.3, -0.25) is 4.79 Å². The predicted octanol–water partition coefficient (Wildman–Crippen LogP) is 3.46. The second-order valence-corrected chi connectivity index (χ2v) is 6.02. The summed E-state index contributed by atoms with van der Waals surface area (Å²) in [6.07, 6.45) is 2.97. The van der Waals surface area contributed by atoms with Crippen molar-refractivity contribution in [2.75, 3.05) is 5.32 Å². The van der Waals surface area contributed by atoms with E-state index in [-0.39, 0.29) is 18.1 Å². The number of carbonyl (C=O) groups is 1. The first-order valence-corrected chi connectivity index (χ1v) is 8.12. The number of para-hydroxylation sites is 2. The zero-order valence-electron chi connectivity index (χ0n) is 13.0. The van der Waals surface area contributed by atoms with Crippen molar-refractivity contribution in [1.29, 1.82) is 0 Å². The Morgan fingerprint density at radius 3 is 2.30 bits per heavy atom. The standard InChI is InChI=1S/C19H22N2O2/c22-16-12-10-15(11-13-16)21-19(23)17-8-4-5-9-18(17)20-14-6-2-1-3-7-14/h1-9,15-16,20,22H,10-13H2,(H,21,23). The molecule has 2 aromatic rings. The average molecular weight is 310 g/mol. The maximum absolute atomic E-state index is 12.6. The number of aliphatic hydroxyl groups is 1. The van der Waals surface area contributed by atoms with Gasteiger partial charge in [-0.05, 0) is 49.9 Å². The molecule has 1 saturated carbocycles. The molecule has 4 heteroatoms. The largest absolute Gasteiger partial charge is 0.393 e. The fourth-order valence-electron chi connectivity index (χ4n) is 2.95. The summed E-state index contributed by atoms with van der Waals surface area (Å²) in [6, 6.07) is 17.5. The number of benzene rings is 2. The molecule has 1 aliphatic carbocycles. The van der Waals surface area contributed by atoms with Gasteiger partial charge in [-0.15, -0.1) is 0 Å². The summed E-state index contributed by atoms with van der Waals surface area (Å²) in [6.45, 7) is 0. The fourth-order valence-corrected chi connectivity index (χ4v) is 2.95. The lowest BCUT2D eigenvalue weighted by Gasteiger charge is -2.26. The van der Waals surface area contributed by atoms with E-state index < -0.39 is 0 Å². The molecule has 0 atom stereocenters. The van der Waals surface area contributed by atoms with Crippen LogP contribution in [0.1, 0.15) is 36.0 Å². The van der Waals surface area contributed by atoms with Crippen LogP contribution in [-0.4, -0.2) is 23.2 Å². The van der Waals surface area contributed by atoms with E-state index >= 15 is 0 Å². The molecular weight excluding hydrogens is 288 g/mol. The highest BCUT2D eigenvalue weighted by Gasteiger charge is 2.22. The minimum absolute atomic E-state index is 0.0644. The summed E-state index contributed by atoms with van der Waals surface area (Å²) in [4.78, 5) is 12.6. The van der Waals surface area contributed by atoms with Crippen molar-refractivity contribution >= 4 is 17.3 Å². The van der Waals surface area contributed by atoms with Crippen molar-refractivity contribution in [3.05, 3.63) is 60.2 Å². The molecule has 1 aliphatic rings. The third-order valence-corrected chi connectivity index (χ3v) is 4.26. The van der Waals surface area contributed by atoms with E-state index in [1.165, 1.54) is 0 Å². The number of hydrogen-bond acceptors (Lipinski definition) is 3. The van der Waals surface area contributed by atoms with Crippen LogP contribution in [0.3, 0.4) is 0 Å². The molecule has 0 spiro atoms. The summed E-state index contributed by atoms with van der Waals surface area (Å²) >= 11 is 0. The Morgan fingerprint density at radius 1 is 0.913 bits per heavy atom. The molecule has 0 aromatic heterocycles. The second kappa shape index (κ2) is 7.29. The normalized spacial score (nSPS) is 20.7. The highest BCUT2D eigenvalue weighted by Crippen LogP contribution is 2.22. The second-order valence-electron chi connectivity index (χ2n) is 6.02. The van der Waals surface area contributed by atoms with Crippen molar-refractivity contribution < 1.29 is 9.90 Å². The lowest BCUT2D eigenvalue weighted by atomic mass is 9.93. The van der Waals surface area contributed by atoms with Crippen molar-refractivity contribution in [3.63, 3.8) is 0 Å². The molecule has 0 unspecified atom stereocenters. The first-order valence-electron chi connectivity index (χ1n) is 8.12. The molecule has 1 fully saturated rings. The number of amides is 1. The van der Waals surface area contributed by atoms with Gasteiger partial charge in [0.05, 0.1) is 17.4 Å². The quantitative estimate of drug-likeness (QED) is 0.810. The summed E-state index contributed by atoms with van der Waals surface area (Å²) in [5.41, 5.74) is 2.39. The molecular formula is C19H22N2O2. The van der Waals surface area contributed by atoms with Crippen molar-refractivity contribution in [1.82, 2.24) is 5.32 Å². The highest BCUT2D eigenvalue weighted by atomic mass is 16.3. The third-order valence-electron chi connectivity index (χ3n) is 4.26. The van der Waals surface area contributed by atoms with Gasteiger partial charge in [0.25, 0.3) is 5.91 Å². The Morgan fingerprint density at radius 2 is 1.57 bits per heavy atom. The number of rotatable bonds is 4. The lowest BCUT2D eigenvalue weighted by molar-refractivity contribution is 0.0868. The van der Waals surface area contributed by atoms with E-state index in [2.05, 4.69) is 10.6 Å². The number of aliphatic hydroxyl groups excluding tert-OH is 1. The monoisotopic (exact) mass is 310 g/mol. The Labute approximate surface area is 136 Å². The molecule has 0 heterocycles. The van der Waals surface area contributed by atoms with Crippen LogP contribution in [0.15, 0.2) is 54.6 Å². The molecule has 1 amide bonds. The number of hydrogen-bond donors (Lipinski definition) is 3. The van der Waals surface area contributed by atoms with Crippen molar-refractivity contribution in [2.45, 2.75) is 37.8 Å². The average Bonchev–Trinajstić information content (AvgIpc) is 2.58. The van der Waals surface area contributed by atoms with Crippen LogP contribution >= 0.6 is 0 Å². The molecule has 23 heavy (non-hydrogen) atoms. The van der Waals surface area contributed by atoms with Gasteiger partial charge in [0.15, 0.2) is 0 Å². The van der Waals surface area contributed by atoms with Gasteiger partial charge < -0.3 is 15.7 Å². The van der Waals surface area contributed by atoms with Crippen LogP contribution in [0.25, 0.3) is 0 Å². The van der Waals surface area contributed by atoms with Crippen LogP contribution in [0, 0.1) is 0 Å². The van der Waals surface area contributed by atoms with Crippen LogP contribution in [0.4, 0.5) is 11.4 Å². The Hall–Kier alpha value is -2.33. The van der Waals surface area contributed by atoms with Crippen molar-refractivity contribution in [2.24, 2.45) is 0 Å². The van der Waals surface area contributed by atoms with Gasteiger partial charge in [0.2, 0.25) is 0 Å². The Kier molecular flexibility index (Phi) is 4.93. The molecule has 3 N–H and O–H groups in total. The van der Waals surface area contributed by atoms with E-state index in [0.29, 0.717) is 5.56 Å². The summed E-state index contributed by atoms with van der Waals surface area (Å²) in [7, 11) is 0. The van der Waals surface area contributed by atoms with E-state index in [1.54, 1.807) is 0 Å². The molecule has 120 valence electrons.